The molecule has 0 aromatic rings. The third kappa shape index (κ3) is 14.0. The molecule has 0 aromatic heterocycles. The van der Waals surface area contributed by atoms with Crippen LogP contribution in [-0.4, -0.2) is 77.2 Å². The normalized spacial score (nSPS) is 14.7. The number of aliphatic hydroxyl groups is 1. The standard InChI is InChI=1S/C20H40N4O5S2/c1-6-29-19(27)16(24-13(2)3)9-7-8-10-23-18(26)15(22)12-31-30-11-14(21)17(25)20(4,5)28/h13-16,24,28H,6-12,21-22H2,1-5H3,(H,23,26)/t14-,15-,16-/m0/s1. The molecule has 0 saturated heterocycles. The van der Waals surface area contributed by atoms with E-state index in [2.05, 4.69) is 10.6 Å². The quantitative estimate of drug-likeness (QED) is 0.113. The highest BCUT2D eigenvalue weighted by Crippen LogP contribution is 2.23. The average molecular weight is 481 g/mol. The first-order valence-electron chi connectivity index (χ1n) is 10.6. The number of amides is 1. The summed E-state index contributed by atoms with van der Waals surface area (Å²) in [5, 5.41) is 15.7. The molecule has 1 amide bonds. The van der Waals surface area contributed by atoms with Crippen LogP contribution in [0.2, 0.25) is 0 Å². The van der Waals surface area contributed by atoms with Crippen LogP contribution >= 0.6 is 21.6 Å². The van der Waals surface area contributed by atoms with Crippen molar-refractivity contribution in [1.82, 2.24) is 10.6 Å². The van der Waals surface area contributed by atoms with E-state index in [0.29, 0.717) is 31.1 Å². The van der Waals surface area contributed by atoms with Gasteiger partial charge in [-0.1, -0.05) is 35.4 Å². The number of ketones is 1. The van der Waals surface area contributed by atoms with E-state index in [0.717, 1.165) is 12.8 Å². The molecule has 0 rings (SSSR count). The maximum absolute atomic E-state index is 12.1. The molecule has 0 aliphatic heterocycles. The first-order valence-corrected chi connectivity index (χ1v) is 13.1. The fourth-order valence-electron chi connectivity index (χ4n) is 2.58. The van der Waals surface area contributed by atoms with E-state index in [1.165, 1.54) is 35.4 Å². The van der Waals surface area contributed by atoms with E-state index in [4.69, 9.17) is 16.2 Å². The summed E-state index contributed by atoms with van der Waals surface area (Å²) in [5.41, 5.74) is 10.2. The Morgan fingerprint density at radius 3 is 2.16 bits per heavy atom. The van der Waals surface area contributed by atoms with E-state index < -0.39 is 23.5 Å². The lowest BCUT2D eigenvalue weighted by Gasteiger charge is -2.20. The molecule has 0 unspecified atom stereocenters. The monoisotopic (exact) mass is 480 g/mol. The molecule has 0 aromatic carbocycles. The predicted octanol–water partition coefficient (Wildman–Crippen LogP) is 0.579. The Morgan fingerprint density at radius 2 is 1.65 bits per heavy atom. The number of rotatable bonds is 17. The van der Waals surface area contributed by atoms with Gasteiger partial charge in [-0.15, -0.1) is 0 Å². The molecule has 3 atom stereocenters. The van der Waals surface area contributed by atoms with Crippen LogP contribution in [0.5, 0.6) is 0 Å². The van der Waals surface area contributed by atoms with Crippen molar-refractivity contribution in [2.45, 2.75) is 83.6 Å². The smallest absolute Gasteiger partial charge is 0.323 e. The number of hydrogen-bond acceptors (Lipinski definition) is 10. The number of ether oxygens (including phenoxy) is 1. The van der Waals surface area contributed by atoms with E-state index in [1.807, 2.05) is 13.8 Å². The van der Waals surface area contributed by atoms with E-state index in [9.17, 15) is 19.5 Å². The summed E-state index contributed by atoms with van der Waals surface area (Å²) >= 11 is 0. The molecule has 31 heavy (non-hydrogen) atoms. The second-order valence-electron chi connectivity index (χ2n) is 8.12. The number of esters is 1. The Balaban J connectivity index is 4.05. The zero-order chi connectivity index (χ0) is 24.0. The van der Waals surface area contributed by atoms with Crippen molar-refractivity contribution in [3.63, 3.8) is 0 Å². The highest BCUT2D eigenvalue weighted by molar-refractivity contribution is 8.76. The van der Waals surface area contributed by atoms with Crippen molar-refractivity contribution in [1.29, 1.82) is 0 Å². The van der Waals surface area contributed by atoms with Crippen molar-refractivity contribution in [3.8, 4) is 0 Å². The van der Waals surface area contributed by atoms with Crippen LogP contribution in [0.25, 0.3) is 0 Å². The predicted molar refractivity (Wildman–Crippen MR) is 128 cm³/mol. The van der Waals surface area contributed by atoms with Crippen LogP contribution in [0.4, 0.5) is 0 Å². The van der Waals surface area contributed by atoms with E-state index in [-0.39, 0.29) is 24.0 Å². The van der Waals surface area contributed by atoms with Gasteiger partial charge in [-0.25, -0.2) is 0 Å². The van der Waals surface area contributed by atoms with Crippen LogP contribution in [0.3, 0.4) is 0 Å². The van der Waals surface area contributed by atoms with Crippen LogP contribution in [0.15, 0.2) is 0 Å². The average Bonchev–Trinajstić information content (AvgIpc) is 2.67. The van der Waals surface area contributed by atoms with Gasteiger partial charge in [0.1, 0.15) is 11.6 Å². The Morgan fingerprint density at radius 1 is 1.06 bits per heavy atom. The Bertz CT molecular complexity index is 558. The van der Waals surface area contributed by atoms with Crippen molar-refractivity contribution >= 4 is 39.2 Å². The minimum atomic E-state index is -1.46. The number of nitrogens with two attached hydrogens (primary N) is 2. The molecular formula is C20H40N4O5S2. The largest absolute Gasteiger partial charge is 0.465 e. The van der Waals surface area contributed by atoms with Gasteiger partial charge < -0.3 is 31.9 Å². The van der Waals surface area contributed by atoms with Gasteiger partial charge in [0.15, 0.2) is 5.78 Å². The Hall–Kier alpha value is -0.850. The number of carbonyl (C=O) groups is 3. The summed E-state index contributed by atoms with van der Waals surface area (Å²) < 4.78 is 5.09. The summed E-state index contributed by atoms with van der Waals surface area (Å²) in [6.45, 7) is 9.37. The topological polar surface area (TPSA) is 157 Å². The maximum atomic E-state index is 12.1. The lowest BCUT2D eigenvalue weighted by molar-refractivity contribution is -0.146. The van der Waals surface area contributed by atoms with Crippen molar-refractivity contribution in [2.75, 3.05) is 24.7 Å². The number of hydrogen-bond donors (Lipinski definition) is 5. The number of Topliss-reactive ketones (excluding diaryl/α,β-unsaturated/α-hetero) is 1. The first kappa shape index (κ1) is 30.1. The van der Waals surface area contributed by atoms with Crippen molar-refractivity contribution in [3.05, 3.63) is 0 Å². The molecule has 0 fully saturated rings. The van der Waals surface area contributed by atoms with E-state index >= 15 is 0 Å². The molecule has 0 aliphatic rings. The molecule has 182 valence electrons. The Kier molecular flexibility index (Phi) is 15.4. The van der Waals surface area contributed by atoms with Gasteiger partial charge in [-0.05, 0) is 40.0 Å². The van der Waals surface area contributed by atoms with Crippen LogP contribution in [0, 0.1) is 0 Å². The molecule has 0 saturated carbocycles. The SMILES string of the molecule is CCOC(=O)[C@H](CCCCNC(=O)[C@@H](N)CSSC[C@H](N)C(=O)C(C)(C)O)NC(C)C. The fourth-order valence-corrected chi connectivity index (χ4v) is 4.82. The molecule has 0 aliphatic carbocycles. The summed E-state index contributed by atoms with van der Waals surface area (Å²) in [6, 6.07) is -1.62. The van der Waals surface area contributed by atoms with Crippen LogP contribution < -0.4 is 22.1 Å². The molecule has 9 nitrogen and oxygen atoms in total. The number of carbonyl (C=O) groups excluding carboxylic acids is 3. The first-order chi connectivity index (χ1) is 14.4. The van der Waals surface area contributed by atoms with Gasteiger partial charge in [0, 0.05) is 24.1 Å². The number of nitrogens with one attached hydrogen (secondary N) is 2. The molecule has 0 bridgehead atoms. The van der Waals surface area contributed by atoms with Gasteiger partial charge in [-0.3, -0.25) is 14.4 Å². The summed E-state index contributed by atoms with van der Waals surface area (Å²) in [4.78, 5) is 35.9. The van der Waals surface area contributed by atoms with Crippen molar-refractivity contribution < 1.29 is 24.2 Å². The van der Waals surface area contributed by atoms with Gasteiger partial charge >= 0.3 is 5.97 Å². The summed E-state index contributed by atoms with van der Waals surface area (Å²) in [6.07, 6.45) is 2.12. The van der Waals surface area contributed by atoms with Gasteiger partial charge in [0.2, 0.25) is 5.91 Å². The maximum Gasteiger partial charge on any atom is 0.323 e. The molecule has 0 radical (unpaired) electrons. The minimum absolute atomic E-state index is 0.172. The molecule has 0 heterocycles. The Labute approximate surface area is 193 Å². The zero-order valence-electron chi connectivity index (χ0n) is 19.3. The third-order valence-corrected chi connectivity index (χ3v) is 6.65. The highest BCUT2D eigenvalue weighted by atomic mass is 33.1. The van der Waals surface area contributed by atoms with Gasteiger partial charge in [0.05, 0.1) is 18.7 Å². The number of unbranched alkanes of at least 4 members (excludes halogenated alkanes) is 1. The fraction of sp³-hybridized carbons (Fsp3) is 0.850. The molecule has 0 spiro atoms. The van der Waals surface area contributed by atoms with Crippen LogP contribution in [0.1, 0.15) is 53.9 Å². The summed E-state index contributed by atoms with van der Waals surface area (Å²) in [5.74, 6) is -0.207. The summed E-state index contributed by atoms with van der Waals surface area (Å²) in [7, 11) is 2.71. The molecule has 7 N–H and O–H groups in total. The second kappa shape index (κ2) is 15.9. The van der Waals surface area contributed by atoms with E-state index in [1.54, 1.807) is 6.92 Å². The second-order valence-corrected chi connectivity index (χ2v) is 10.7. The lowest BCUT2D eigenvalue weighted by atomic mass is 9.99. The molecular weight excluding hydrogens is 440 g/mol. The zero-order valence-corrected chi connectivity index (χ0v) is 20.9. The minimum Gasteiger partial charge on any atom is -0.465 e. The van der Waals surface area contributed by atoms with Crippen molar-refractivity contribution in [2.24, 2.45) is 11.5 Å². The third-order valence-electron chi connectivity index (χ3n) is 4.18. The highest BCUT2D eigenvalue weighted by Gasteiger charge is 2.29. The molecule has 11 heteroatoms. The van der Waals surface area contributed by atoms with Crippen LogP contribution in [-0.2, 0) is 19.1 Å². The lowest BCUT2D eigenvalue weighted by Crippen LogP contribution is -2.46. The van der Waals surface area contributed by atoms with Gasteiger partial charge in [-0.2, -0.15) is 0 Å². The van der Waals surface area contributed by atoms with Gasteiger partial charge in [0.25, 0.3) is 0 Å².